The number of aromatic nitrogens is 1. The molecule has 1 unspecified atom stereocenters. The highest BCUT2D eigenvalue weighted by Gasteiger charge is 2.24. The average Bonchev–Trinajstić information content (AvgIpc) is 3.05. The van der Waals surface area contributed by atoms with Gasteiger partial charge in [-0.2, -0.15) is 0 Å². The lowest BCUT2D eigenvalue weighted by molar-refractivity contribution is 0.332. The predicted molar refractivity (Wildman–Crippen MR) is 108 cm³/mol. The van der Waals surface area contributed by atoms with Crippen molar-refractivity contribution in [3.05, 3.63) is 70.5 Å². The van der Waals surface area contributed by atoms with Crippen LogP contribution in [0.4, 0.5) is 0 Å². The first-order valence-corrected chi connectivity index (χ1v) is 9.98. The molecule has 1 aliphatic rings. The SMILES string of the molecule is Clc1ccccc1CN1CCC(Sc2cc3ccncc3cc2Cl)C1. The second kappa shape index (κ2) is 7.55. The molecule has 4 rings (SSSR count). The van der Waals surface area contributed by atoms with E-state index in [0.717, 1.165) is 40.0 Å². The van der Waals surface area contributed by atoms with E-state index >= 15 is 0 Å². The van der Waals surface area contributed by atoms with Crippen molar-refractivity contribution in [1.82, 2.24) is 9.88 Å². The summed E-state index contributed by atoms with van der Waals surface area (Å²) in [4.78, 5) is 7.79. The summed E-state index contributed by atoms with van der Waals surface area (Å²) in [6.07, 6.45) is 4.85. The molecule has 1 aromatic heterocycles. The Labute approximate surface area is 162 Å². The van der Waals surface area contributed by atoms with Crippen LogP contribution in [0.2, 0.25) is 10.0 Å². The van der Waals surface area contributed by atoms with E-state index in [9.17, 15) is 0 Å². The number of hydrogen-bond acceptors (Lipinski definition) is 3. The Morgan fingerprint density at radius 1 is 1.08 bits per heavy atom. The van der Waals surface area contributed by atoms with Crippen LogP contribution in [0.15, 0.2) is 59.8 Å². The van der Waals surface area contributed by atoms with Gasteiger partial charge < -0.3 is 0 Å². The fourth-order valence-electron chi connectivity index (χ4n) is 3.26. The number of benzene rings is 2. The van der Waals surface area contributed by atoms with Crippen LogP contribution >= 0.6 is 35.0 Å². The van der Waals surface area contributed by atoms with Gasteiger partial charge in [-0.3, -0.25) is 9.88 Å². The lowest BCUT2D eigenvalue weighted by atomic mass is 10.2. The van der Waals surface area contributed by atoms with E-state index < -0.39 is 0 Å². The lowest BCUT2D eigenvalue weighted by Gasteiger charge is -2.17. The van der Waals surface area contributed by atoms with Gasteiger partial charge in [0.1, 0.15) is 0 Å². The number of hydrogen-bond donors (Lipinski definition) is 0. The van der Waals surface area contributed by atoms with Crippen LogP contribution < -0.4 is 0 Å². The quantitative estimate of drug-likeness (QED) is 0.552. The third-order valence-corrected chi connectivity index (χ3v) is 6.67. The maximum Gasteiger partial charge on any atom is 0.0548 e. The molecule has 0 spiro atoms. The van der Waals surface area contributed by atoms with Gasteiger partial charge in [-0.05, 0) is 48.2 Å². The lowest BCUT2D eigenvalue weighted by Crippen LogP contribution is -2.20. The van der Waals surface area contributed by atoms with E-state index in [4.69, 9.17) is 23.2 Å². The van der Waals surface area contributed by atoms with Crippen LogP contribution in [0.1, 0.15) is 12.0 Å². The van der Waals surface area contributed by atoms with Crippen molar-refractivity contribution in [3.63, 3.8) is 0 Å². The van der Waals surface area contributed by atoms with Crippen molar-refractivity contribution in [2.24, 2.45) is 0 Å². The summed E-state index contributed by atoms with van der Waals surface area (Å²) in [5, 5.41) is 4.50. The van der Waals surface area contributed by atoms with Gasteiger partial charge in [0.25, 0.3) is 0 Å². The van der Waals surface area contributed by atoms with Gasteiger partial charge in [0.05, 0.1) is 5.02 Å². The van der Waals surface area contributed by atoms with Crippen molar-refractivity contribution in [2.45, 2.75) is 23.1 Å². The summed E-state index contributed by atoms with van der Waals surface area (Å²) >= 11 is 14.7. The van der Waals surface area contributed by atoms with E-state index in [-0.39, 0.29) is 0 Å². The second-order valence-electron chi connectivity index (χ2n) is 6.36. The van der Waals surface area contributed by atoms with Crippen LogP contribution in [0.25, 0.3) is 10.8 Å². The molecule has 1 fully saturated rings. The van der Waals surface area contributed by atoms with E-state index in [0.29, 0.717) is 5.25 Å². The molecule has 1 aliphatic heterocycles. The van der Waals surface area contributed by atoms with Gasteiger partial charge in [-0.1, -0.05) is 41.4 Å². The van der Waals surface area contributed by atoms with Crippen LogP contribution in [-0.4, -0.2) is 28.2 Å². The molecule has 1 saturated heterocycles. The summed E-state index contributed by atoms with van der Waals surface area (Å²) in [7, 11) is 0. The van der Waals surface area contributed by atoms with Crippen LogP contribution in [-0.2, 0) is 6.54 Å². The Morgan fingerprint density at radius 3 is 2.84 bits per heavy atom. The normalized spacial score (nSPS) is 18.1. The summed E-state index contributed by atoms with van der Waals surface area (Å²) in [6.45, 7) is 3.06. The summed E-state index contributed by atoms with van der Waals surface area (Å²) < 4.78 is 0. The molecule has 0 radical (unpaired) electrons. The fraction of sp³-hybridized carbons (Fsp3) is 0.250. The highest BCUT2D eigenvalue weighted by molar-refractivity contribution is 8.00. The molecule has 2 heterocycles. The molecular weight excluding hydrogens is 371 g/mol. The van der Waals surface area contributed by atoms with E-state index in [1.807, 2.05) is 54.5 Å². The fourth-order valence-corrected chi connectivity index (χ4v) is 5.00. The molecule has 128 valence electrons. The Kier molecular flexibility index (Phi) is 5.18. The molecule has 2 nitrogen and oxygen atoms in total. The maximum atomic E-state index is 6.49. The van der Waals surface area contributed by atoms with Gasteiger partial charge in [-0.25, -0.2) is 0 Å². The van der Waals surface area contributed by atoms with Gasteiger partial charge in [-0.15, -0.1) is 11.8 Å². The minimum Gasteiger partial charge on any atom is -0.298 e. The van der Waals surface area contributed by atoms with Crippen LogP contribution in [0.5, 0.6) is 0 Å². The first-order valence-electron chi connectivity index (χ1n) is 8.35. The number of likely N-dealkylation sites (tertiary alicyclic amines) is 1. The predicted octanol–water partition coefficient (Wildman–Crippen LogP) is 5.91. The summed E-state index contributed by atoms with van der Waals surface area (Å²) in [5.74, 6) is 0. The largest absolute Gasteiger partial charge is 0.298 e. The molecule has 0 aliphatic carbocycles. The summed E-state index contributed by atoms with van der Waals surface area (Å²) in [5.41, 5.74) is 1.20. The second-order valence-corrected chi connectivity index (χ2v) is 8.52. The zero-order valence-corrected chi connectivity index (χ0v) is 16.0. The zero-order valence-electron chi connectivity index (χ0n) is 13.7. The van der Waals surface area contributed by atoms with Crippen molar-refractivity contribution < 1.29 is 0 Å². The highest BCUT2D eigenvalue weighted by Crippen LogP contribution is 2.37. The van der Waals surface area contributed by atoms with E-state index in [1.165, 1.54) is 17.4 Å². The molecule has 1 atom stereocenters. The van der Waals surface area contributed by atoms with Crippen molar-refractivity contribution in [2.75, 3.05) is 13.1 Å². The third-order valence-electron chi connectivity index (χ3n) is 4.57. The maximum absolute atomic E-state index is 6.49. The third kappa shape index (κ3) is 3.95. The molecule has 2 aromatic carbocycles. The molecule has 0 bridgehead atoms. The Bertz CT molecular complexity index is 900. The average molecular weight is 389 g/mol. The minimum absolute atomic E-state index is 0.555. The smallest absolute Gasteiger partial charge is 0.0548 e. The number of rotatable bonds is 4. The van der Waals surface area contributed by atoms with Crippen LogP contribution in [0, 0.1) is 0 Å². The van der Waals surface area contributed by atoms with E-state index in [2.05, 4.69) is 22.0 Å². The minimum atomic E-state index is 0.555. The molecule has 0 saturated carbocycles. The number of nitrogens with zero attached hydrogens (tertiary/aromatic N) is 2. The van der Waals surface area contributed by atoms with Crippen molar-refractivity contribution in [1.29, 1.82) is 0 Å². The van der Waals surface area contributed by atoms with Gasteiger partial charge in [0, 0.05) is 46.0 Å². The molecule has 25 heavy (non-hydrogen) atoms. The first kappa shape index (κ1) is 17.2. The van der Waals surface area contributed by atoms with Gasteiger partial charge >= 0.3 is 0 Å². The van der Waals surface area contributed by atoms with Crippen molar-refractivity contribution >= 4 is 45.7 Å². The monoisotopic (exact) mass is 388 g/mol. The van der Waals surface area contributed by atoms with E-state index in [1.54, 1.807) is 0 Å². The first-order chi connectivity index (χ1) is 12.2. The zero-order chi connectivity index (χ0) is 17.2. The topological polar surface area (TPSA) is 16.1 Å². The van der Waals surface area contributed by atoms with Crippen molar-refractivity contribution in [3.8, 4) is 0 Å². The molecule has 5 heteroatoms. The highest BCUT2D eigenvalue weighted by atomic mass is 35.5. The van der Waals surface area contributed by atoms with Crippen LogP contribution in [0.3, 0.4) is 0 Å². The Hall–Kier alpha value is -1.26. The Balaban J connectivity index is 1.44. The number of thioether (sulfide) groups is 1. The van der Waals surface area contributed by atoms with Gasteiger partial charge in [0.15, 0.2) is 0 Å². The Morgan fingerprint density at radius 2 is 1.96 bits per heavy atom. The number of halogens is 2. The standard InChI is InChI=1S/C20H18Cl2N2S/c21-18-4-2-1-3-15(18)12-24-8-6-17(13-24)25-20-10-14-5-7-23-11-16(14)9-19(20)22/h1-5,7,9-11,17H,6,8,12-13H2. The molecule has 0 amide bonds. The molecule has 0 N–H and O–H groups in total. The molecule has 3 aromatic rings. The number of fused-ring (bicyclic) bond motifs is 1. The summed E-state index contributed by atoms with van der Waals surface area (Å²) in [6, 6.07) is 14.3. The molecular formula is C20H18Cl2N2S. The van der Waals surface area contributed by atoms with Gasteiger partial charge in [0.2, 0.25) is 0 Å². The number of pyridine rings is 1.